The molecule has 17 heavy (non-hydrogen) atoms. The van der Waals surface area contributed by atoms with Gasteiger partial charge in [-0.15, -0.1) is 12.4 Å². The van der Waals surface area contributed by atoms with Crippen molar-refractivity contribution in [2.75, 3.05) is 0 Å². The number of halogens is 4. The van der Waals surface area contributed by atoms with E-state index in [2.05, 4.69) is 4.98 Å². The summed E-state index contributed by atoms with van der Waals surface area (Å²) in [6.07, 6.45) is -2.93. The summed E-state index contributed by atoms with van der Waals surface area (Å²) in [5.74, 6) is -2.21. The van der Waals surface area contributed by atoms with Gasteiger partial charge in [-0.25, -0.2) is 9.78 Å². The Morgan fingerprint density at radius 2 is 2.18 bits per heavy atom. The second-order valence-electron chi connectivity index (χ2n) is 3.78. The summed E-state index contributed by atoms with van der Waals surface area (Å²) < 4.78 is 38.6. The lowest BCUT2D eigenvalue weighted by Crippen LogP contribution is -2.31. The Morgan fingerprint density at radius 3 is 2.71 bits per heavy atom. The van der Waals surface area contributed by atoms with Gasteiger partial charge in [-0.05, 0) is 6.42 Å². The predicted molar refractivity (Wildman–Crippen MR) is 54.3 cm³/mol. The highest BCUT2D eigenvalue weighted by atomic mass is 35.5. The minimum Gasteiger partial charge on any atom is -0.476 e. The zero-order chi connectivity index (χ0) is 11.9. The topological polar surface area (TPSA) is 55.1 Å². The number of hydrogen-bond donors (Lipinski definition) is 1. The maximum Gasteiger partial charge on any atom is 0.393 e. The van der Waals surface area contributed by atoms with Crippen LogP contribution in [0.2, 0.25) is 0 Å². The molecule has 0 saturated heterocycles. The van der Waals surface area contributed by atoms with Gasteiger partial charge in [0.2, 0.25) is 0 Å². The van der Waals surface area contributed by atoms with Crippen LogP contribution >= 0.6 is 12.4 Å². The average molecular weight is 271 g/mol. The van der Waals surface area contributed by atoms with E-state index >= 15 is 0 Å². The van der Waals surface area contributed by atoms with Crippen molar-refractivity contribution < 1.29 is 23.1 Å². The third-order valence-electron chi connectivity index (χ3n) is 2.67. The molecule has 0 spiro atoms. The Kier molecular flexibility index (Phi) is 3.71. The van der Waals surface area contributed by atoms with Gasteiger partial charge in [-0.2, -0.15) is 13.2 Å². The minimum atomic E-state index is -4.23. The molecule has 0 amide bonds. The summed E-state index contributed by atoms with van der Waals surface area (Å²) in [6.45, 7) is -0.237. The van der Waals surface area contributed by atoms with Crippen molar-refractivity contribution in [3.63, 3.8) is 0 Å². The number of aryl methyl sites for hydroxylation is 1. The SMILES string of the molecule is Cl.O=C(O)c1cn2c(n1)CCC(C(F)(F)F)C2. The van der Waals surface area contributed by atoms with Crippen LogP contribution in [-0.2, 0) is 13.0 Å². The zero-order valence-electron chi connectivity index (χ0n) is 8.57. The summed E-state index contributed by atoms with van der Waals surface area (Å²) in [5.41, 5.74) is -0.196. The molecule has 1 atom stereocenters. The Labute approximate surface area is 101 Å². The molecular weight excluding hydrogens is 261 g/mol. The van der Waals surface area contributed by atoms with Gasteiger partial charge in [0.05, 0.1) is 5.92 Å². The van der Waals surface area contributed by atoms with Gasteiger partial charge < -0.3 is 9.67 Å². The van der Waals surface area contributed by atoms with Crippen molar-refractivity contribution in [3.8, 4) is 0 Å². The van der Waals surface area contributed by atoms with Gasteiger partial charge in [-0.1, -0.05) is 0 Å². The summed E-state index contributed by atoms with van der Waals surface area (Å²) in [4.78, 5) is 14.4. The van der Waals surface area contributed by atoms with Crippen LogP contribution in [0.4, 0.5) is 13.2 Å². The standard InChI is InChI=1S/C9H9F3N2O2.ClH/c10-9(11,12)5-1-2-7-13-6(8(15)16)4-14(7)3-5;/h4-5H,1-3H2,(H,15,16);1H. The Morgan fingerprint density at radius 1 is 1.53 bits per heavy atom. The first-order chi connectivity index (χ1) is 7.38. The van der Waals surface area contributed by atoms with Crippen LogP contribution in [0.5, 0.6) is 0 Å². The van der Waals surface area contributed by atoms with Gasteiger partial charge in [-0.3, -0.25) is 0 Å². The minimum absolute atomic E-state index is 0. The zero-order valence-corrected chi connectivity index (χ0v) is 9.38. The number of carboxylic acids is 1. The van der Waals surface area contributed by atoms with Crippen molar-refractivity contribution in [2.45, 2.75) is 25.6 Å². The first-order valence-corrected chi connectivity index (χ1v) is 4.74. The van der Waals surface area contributed by atoms with Gasteiger partial charge >= 0.3 is 12.1 Å². The summed E-state index contributed by atoms with van der Waals surface area (Å²) in [7, 11) is 0. The Hall–Kier alpha value is -1.24. The number of aromatic carboxylic acids is 1. The fraction of sp³-hybridized carbons (Fsp3) is 0.556. The molecular formula is C9H10ClF3N2O2. The van der Waals surface area contributed by atoms with Crippen LogP contribution in [-0.4, -0.2) is 26.8 Å². The highest BCUT2D eigenvalue weighted by Crippen LogP contribution is 2.34. The number of alkyl halides is 3. The van der Waals surface area contributed by atoms with Crippen molar-refractivity contribution in [1.29, 1.82) is 0 Å². The van der Waals surface area contributed by atoms with Gasteiger partial charge in [0.25, 0.3) is 0 Å². The maximum absolute atomic E-state index is 12.5. The number of fused-ring (bicyclic) bond motifs is 1. The van der Waals surface area contributed by atoms with Gasteiger partial charge in [0, 0.05) is 19.2 Å². The number of carboxylic acid groups (broad SMARTS) is 1. The van der Waals surface area contributed by atoms with Crippen LogP contribution in [0, 0.1) is 5.92 Å². The molecule has 1 aliphatic heterocycles. The second kappa shape index (κ2) is 4.56. The smallest absolute Gasteiger partial charge is 0.393 e. The van der Waals surface area contributed by atoms with Gasteiger partial charge in [0.15, 0.2) is 5.69 Å². The van der Waals surface area contributed by atoms with E-state index < -0.39 is 18.1 Å². The molecule has 1 aliphatic rings. The average Bonchev–Trinajstić information content (AvgIpc) is 2.58. The number of carbonyl (C=O) groups is 1. The second-order valence-corrected chi connectivity index (χ2v) is 3.78. The van der Waals surface area contributed by atoms with E-state index in [1.54, 1.807) is 0 Å². The van der Waals surface area contributed by atoms with Crippen molar-refractivity contribution in [1.82, 2.24) is 9.55 Å². The number of nitrogens with zero attached hydrogens (tertiary/aromatic N) is 2. The molecule has 2 rings (SSSR count). The van der Waals surface area contributed by atoms with Crippen LogP contribution in [0.3, 0.4) is 0 Å². The molecule has 0 aliphatic carbocycles. The Balaban J connectivity index is 0.00000144. The third-order valence-corrected chi connectivity index (χ3v) is 2.67. The van der Waals surface area contributed by atoms with Crippen LogP contribution < -0.4 is 0 Å². The number of aromatic nitrogens is 2. The molecule has 1 N–H and O–H groups in total. The fourth-order valence-electron chi connectivity index (χ4n) is 1.81. The lowest BCUT2D eigenvalue weighted by Gasteiger charge is -2.25. The monoisotopic (exact) mass is 270 g/mol. The van der Waals surface area contributed by atoms with E-state index in [0.29, 0.717) is 5.82 Å². The highest BCUT2D eigenvalue weighted by molar-refractivity contribution is 5.85. The predicted octanol–water partition coefficient (Wildman–Crippen LogP) is 2.13. The maximum atomic E-state index is 12.5. The van der Waals surface area contributed by atoms with Crippen LogP contribution in [0.15, 0.2) is 6.20 Å². The quantitative estimate of drug-likeness (QED) is 0.850. The Bertz CT molecular complexity index is 430. The summed E-state index contributed by atoms with van der Waals surface area (Å²) in [6, 6.07) is 0. The van der Waals surface area contributed by atoms with Gasteiger partial charge in [0.1, 0.15) is 5.82 Å². The number of imidazole rings is 1. The largest absolute Gasteiger partial charge is 0.476 e. The molecule has 0 fully saturated rings. The van der Waals surface area contributed by atoms with Crippen molar-refractivity contribution in [2.24, 2.45) is 5.92 Å². The van der Waals surface area contributed by atoms with E-state index in [-0.39, 0.29) is 37.5 Å². The molecule has 1 unspecified atom stereocenters. The summed E-state index contributed by atoms with van der Waals surface area (Å²) >= 11 is 0. The molecule has 2 heterocycles. The first-order valence-electron chi connectivity index (χ1n) is 4.74. The first kappa shape index (κ1) is 13.8. The van der Waals surface area contributed by atoms with E-state index in [0.717, 1.165) is 6.20 Å². The molecule has 1 aromatic heterocycles. The van der Waals surface area contributed by atoms with Crippen LogP contribution in [0.1, 0.15) is 22.7 Å². The fourth-order valence-corrected chi connectivity index (χ4v) is 1.81. The van der Waals surface area contributed by atoms with Crippen LogP contribution in [0.25, 0.3) is 0 Å². The number of hydrogen-bond acceptors (Lipinski definition) is 2. The molecule has 8 heteroatoms. The molecule has 1 aromatic rings. The van der Waals surface area contributed by atoms with E-state index in [9.17, 15) is 18.0 Å². The lowest BCUT2D eigenvalue weighted by atomic mass is 9.99. The molecule has 0 radical (unpaired) electrons. The molecule has 0 aromatic carbocycles. The lowest BCUT2D eigenvalue weighted by molar-refractivity contribution is -0.182. The van der Waals surface area contributed by atoms with E-state index in [1.807, 2.05) is 0 Å². The normalized spacial score (nSPS) is 19.4. The molecule has 4 nitrogen and oxygen atoms in total. The van der Waals surface area contributed by atoms with E-state index in [4.69, 9.17) is 5.11 Å². The third kappa shape index (κ3) is 2.71. The number of rotatable bonds is 1. The highest BCUT2D eigenvalue weighted by Gasteiger charge is 2.41. The molecule has 0 bridgehead atoms. The van der Waals surface area contributed by atoms with Crippen molar-refractivity contribution in [3.05, 3.63) is 17.7 Å². The summed E-state index contributed by atoms with van der Waals surface area (Å²) in [5, 5.41) is 8.66. The van der Waals surface area contributed by atoms with E-state index in [1.165, 1.54) is 4.57 Å². The van der Waals surface area contributed by atoms with Crippen molar-refractivity contribution >= 4 is 18.4 Å². The molecule has 96 valence electrons. The molecule has 0 saturated carbocycles.